The highest BCUT2D eigenvalue weighted by Gasteiger charge is 2.23. The van der Waals surface area contributed by atoms with Crippen molar-refractivity contribution >= 4 is 11.9 Å². The minimum Gasteiger partial charge on any atom is -0.466 e. The highest BCUT2D eigenvalue weighted by molar-refractivity contribution is 5.81. The number of carbonyl (C=O) groups excluding carboxylic acids is 2. The average Bonchev–Trinajstić information content (AvgIpc) is 2.61. The molecule has 0 aromatic heterocycles. The standard InChI is InChI=1S/C19H27NO4/c1-2-24-19(22)9-8-18(21)20-12-10-17(11-13-20)15-23-14-16-6-4-3-5-7-16/h3-7,17H,2,8-15H2,1H3. The van der Waals surface area contributed by atoms with Gasteiger partial charge in [0.25, 0.3) is 0 Å². The van der Waals surface area contributed by atoms with Crippen molar-refractivity contribution in [3.63, 3.8) is 0 Å². The molecule has 0 spiro atoms. The van der Waals surface area contributed by atoms with Gasteiger partial charge in [0.15, 0.2) is 0 Å². The maximum atomic E-state index is 12.1. The van der Waals surface area contributed by atoms with Crippen molar-refractivity contribution in [2.75, 3.05) is 26.3 Å². The molecule has 1 heterocycles. The number of rotatable bonds is 8. The Balaban J connectivity index is 1.60. The van der Waals surface area contributed by atoms with Crippen LogP contribution in [0.5, 0.6) is 0 Å². The predicted octanol–water partition coefficient (Wildman–Crippen LogP) is 2.79. The Morgan fingerprint density at radius 3 is 2.50 bits per heavy atom. The first-order valence-corrected chi connectivity index (χ1v) is 8.74. The monoisotopic (exact) mass is 333 g/mol. The van der Waals surface area contributed by atoms with Crippen LogP contribution >= 0.6 is 0 Å². The van der Waals surface area contributed by atoms with E-state index in [2.05, 4.69) is 12.1 Å². The normalized spacial score (nSPS) is 15.3. The zero-order chi connectivity index (χ0) is 17.2. The van der Waals surface area contributed by atoms with Crippen LogP contribution in [0.4, 0.5) is 0 Å². The minimum absolute atomic E-state index is 0.0479. The lowest BCUT2D eigenvalue weighted by Crippen LogP contribution is -2.39. The fourth-order valence-electron chi connectivity index (χ4n) is 2.87. The quantitative estimate of drug-likeness (QED) is 0.687. The van der Waals surface area contributed by atoms with Crippen molar-refractivity contribution in [3.8, 4) is 0 Å². The molecule has 5 heteroatoms. The van der Waals surface area contributed by atoms with Gasteiger partial charge in [-0.15, -0.1) is 0 Å². The van der Waals surface area contributed by atoms with E-state index in [9.17, 15) is 9.59 Å². The van der Waals surface area contributed by atoms with Crippen molar-refractivity contribution in [2.24, 2.45) is 5.92 Å². The lowest BCUT2D eigenvalue weighted by Gasteiger charge is -2.32. The molecule has 1 fully saturated rings. The SMILES string of the molecule is CCOC(=O)CCC(=O)N1CCC(COCc2ccccc2)CC1. The lowest BCUT2D eigenvalue weighted by atomic mass is 9.97. The van der Waals surface area contributed by atoms with Crippen LogP contribution in [0.15, 0.2) is 30.3 Å². The Morgan fingerprint density at radius 2 is 1.83 bits per heavy atom. The Bertz CT molecular complexity index is 509. The van der Waals surface area contributed by atoms with Gasteiger partial charge in [-0.05, 0) is 31.2 Å². The van der Waals surface area contributed by atoms with E-state index < -0.39 is 0 Å². The van der Waals surface area contributed by atoms with Crippen LogP contribution in [-0.4, -0.2) is 43.1 Å². The van der Waals surface area contributed by atoms with Crippen LogP contribution < -0.4 is 0 Å². The third kappa shape index (κ3) is 6.32. The Hall–Kier alpha value is -1.88. The van der Waals surface area contributed by atoms with Crippen LogP contribution in [0.2, 0.25) is 0 Å². The van der Waals surface area contributed by atoms with E-state index in [1.807, 2.05) is 23.1 Å². The molecular weight excluding hydrogens is 306 g/mol. The molecule has 0 saturated carbocycles. The summed E-state index contributed by atoms with van der Waals surface area (Å²) in [6, 6.07) is 10.1. The number of esters is 1. The van der Waals surface area contributed by atoms with Crippen molar-refractivity contribution in [3.05, 3.63) is 35.9 Å². The second kappa shape index (κ2) is 10.1. The fourth-order valence-corrected chi connectivity index (χ4v) is 2.87. The first-order chi connectivity index (χ1) is 11.7. The number of hydrogen-bond donors (Lipinski definition) is 0. The molecule has 0 unspecified atom stereocenters. The summed E-state index contributed by atoms with van der Waals surface area (Å²) in [7, 11) is 0. The molecule has 0 N–H and O–H groups in total. The van der Waals surface area contributed by atoms with Gasteiger partial charge in [-0.1, -0.05) is 30.3 Å². The predicted molar refractivity (Wildman–Crippen MR) is 91.3 cm³/mol. The van der Waals surface area contributed by atoms with Gasteiger partial charge >= 0.3 is 5.97 Å². The van der Waals surface area contributed by atoms with Gasteiger partial charge in [0.1, 0.15) is 0 Å². The first-order valence-electron chi connectivity index (χ1n) is 8.74. The van der Waals surface area contributed by atoms with Gasteiger partial charge in [0.05, 0.1) is 19.6 Å². The van der Waals surface area contributed by atoms with Crippen LogP contribution in [0.3, 0.4) is 0 Å². The number of amides is 1. The van der Waals surface area contributed by atoms with Crippen molar-refractivity contribution in [1.29, 1.82) is 0 Å². The molecule has 132 valence electrons. The highest BCUT2D eigenvalue weighted by atomic mass is 16.5. The van der Waals surface area contributed by atoms with Gasteiger partial charge < -0.3 is 14.4 Å². The Kier molecular flexibility index (Phi) is 7.75. The third-order valence-corrected chi connectivity index (χ3v) is 4.28. The van der Waals surface area contributed by atoms with E-state index in [0.29, 0.717) is 19.1 Å². The summed E-state index contributed by atoms with van der Waals surface area (Å²) in [5.41, 5.74) is 1.18. The van der Waals surface area contributed by atoms with Crippen LogP contribution in [-0.2, 0) is 25.7 Å². The van der Waals surface area contributed by atoms with Gasteiger partial charge in [0, 0.05) is 26.1 Å². The van der Waals surface area contributed by atoms with Gasteiger partial charge in [0.2, 0.25) is 5.91 Å². The Morgan fingerprint density at radius 1 is 1.12 bits per heavy atom. The highest BCUT2D eigenvalue weighted by Crippen LogP contribution is 2.19. The number of benzene rings is 1. The molecule has 5 nitrogen and oxygen atoms in total. The summed E-state index contributed by atoms with van der Waals surface area (Å²) in [6.07, 6.45) is 2.33. The molecule has 0 radical (unpaired) electrons. The first kappa shape index (κ1) is 18.5. The topological polar surface area (TPSA) is 55.8 Å². The van der Waals surface area contributed by atoms with Gasteiger partial charge in [-0.2, -0.15) is 0 Å². The summed E-state index contributed by atoms with van der Waals surface area (Å²) < 4.78 is 10.6. The van der Waals surface area contributed by atoms with Crippen molar-refractivity contribution in [2.45, 2.75) is 39.2 Å². The minimum atomic E-state index is -0.296. The van der Waals surface area contributed by atoms with Crippen LogP contribution in [0.25, 0.3) is 0 Å². The summed E-state index contributed by atoms with van der Waals surface area (Å²) in [6.45, 7) is 5.01. The Labute approximate surface area is 143 Å². The molecule has 1 amide bonds. The van der Waals surface area contributed by atoms with E-state index in [-0.39, 0.29) is 24.7 Å². The number of ether oxygens (including phenoxy) is 2. The lowest BCUT2D eigenvalue weighted by molar-refractivity contribution is -0.146. The molecule has 1 aliphatic heterocycles. The summed E-state index contributed by atoms with van der Waals surface area (Å²) in [5.74, 6) is 0.254. The third-order valence-electron chi connectivity index (χ3n) is 4.28. The second-order valence-electron chi connectivity index (χ2n) is 6.13. The van der Waals surface area contributed by atoms with Crippen molar-refractivity contribution < 1.29 is 19.1 Å². The van der Waals surface area contributed by atoms with E-state index in [1.165, 1.54) is 5.56 Å². The largest absolute Gasteiger partial charge is 0.466 e. The maximum absolute atomic E-state index is 12.1. The second-order valence-corrected chi connectivity index (χ2v) is 6.13. The van der Waals surface area contributed by atoms with Crippen LogP contribution in [0, 0.1) is 5.92 Å². The molecule has 1 saturated heterocycles. The van der Waals surface area contributed by atoms with E-state index in [0.717, 1.165) is 32.5 Å². The molecule has 0 bridgehead atoms. The number of nitrogens with zero attached hydrogens (tertiary/aromatic N) is 1. The van der Waals surface area contributed by atoms with E-state index in [1.54, 1.807) is 6.92 Å². The number of likely N-dealkylation sites (tertiary alicyclic amines) is 1. The zero-order valence-electron chi connectivity index (χ0n) is 14.4. The summed E-state index contributed by atoms with van der Waals surface area (Å²) in [4.78, 5) is 25.3. The van der Waals surface area contributed by atoms with E-state index in [4.69, 9.17) is 9.47 Å². The average molecular weight is 333 g/mol. The molecule has 0 aliphatic carbocycles. The molecule has 1 aromatic rings. The number of piperidine rings is 1. The number of carbonyl (C=O) groups is 2. The van der Waals surface area contributed by atoms with Crippen molar-refractivity contribution in [1.82, 2.24) is 4.90 Å². The summed E-state index contributed by atoms with van der Waals surface area (Å²) >= 11 is 0. The van der Waals surface area contributed by atoms with Gasteiger partial charge in [-0.25, -0.2) is 0 Å². The maximum Gasteiger partial charge on any atom is 0.306 e. The number of hydrogen-bond acceptors (Lipinski definition) is 4. The van der Waals surface area contributed by atoms with Crippen LogP contribution in [0.1, 0.15) is 38.2 Å². The van der Waals surface area contributed by atoms with Gasteiger partial charge in [-0.3, -0.25) is 9.59 Å². The zero-order valence-corrected chi connectivity index (χ0v) is 14.4. The molecular formula is C19H27NO4. The molecule has 2 rings (SSSR count). The molecule has 0 atom stereocenters. The molecule has 24 heavy (non-hydrogen) atoms. The fraction of sp³-hybridized carbons (Fsp3) is 0.579. The molecule has 1 aliphatic rings. The molecule has 1 aromatic carbocycles. The summed E-state index contributed by atoms with van der Waals surface area (Å²) in [5, 5.41) is 0. The smallest absolute Gasteiger partial charge is 0.306 e. The van der Waals surface area contributed by atoms with E-state index >= 15 is 0 Å².